The van der Waals surface area contributed by atoms with E-state index in [0.717, 1.165) is 6.42 Å². The Balaban J connectivity index is 2.70. The second kappa shape index (κ2) is 7.09. The number of rotatable bonds is 6. The molecule has 0 amide bonds. The van der Waals surface area contributed by atoms with Crippen molar-refractivity contribution in [3.05, 3.63) is 35.1 Å². The first-order chi connectivity index (χ1) is 8.99. The molecule has 0 bridgehead atoms. The highest BCUT2D eigenvalue weighted by atomic mass is 19.1. The molecule has 1 aromatic carbocycles. The van der Waals surface area contributed by atoms with Crippen molar-refractivity contribution in [2.45, 2.75) is 39.8 Å². The summed E-state index contributed by atoms with van der Waals surface area (Å²) in [5.74, 6) is 0.0961. The minimum absolute atomic E-state index is 0.0913. The van der Waals surface area contributed by atoms with Gasteiger partial charge in [-0.1, -0.05) is 37.6 Å². The summed E-state index contributed by atoms with van der Waals surface area (Å²) in [5, 5.41) is 14.7. The predicted molar refractivity (Wildman–Crippen MR) is 74.7 cm³/mol. The molecule has 2 unspecified atom stereocenters. The van der Waals surface area contributed by atoms with E-state index < -0.39 is 0 Å². The first-order valence-electron chi connectivity index (χ1n) is 6.49. The fourth-order valence-corrected chi connectivity index (χ4v) is 1.73. The molecule has 0 heterocycles. The Hall–Kier alpha value is -1.62. The predicted octanol–water partition coefficient (Wildman–Crippen LogP) is 2.44. The minimum Gasteiger partial charge on any atom is -0.409 e. The van der Waals surface area contributed by atoms with Crippen LogP contribution in [0.15, 0.2) is 23.4 Å². The minimum atomic E-state index is -0.354. The number of oxime groups is 1. The molecular weight excluding hydrogens is 245 g/mol. The maximum absolute atomic E-state index is 13.8. The Morgan fingerprint density at radius 3 is 2.68 bits per heavy atom. The molecule has 0 radical (unpaired) electrons. The van der Waals surface area contributed by atoms with Gasteiger partial charge in [-0.2, -0.15) is 0 Å². The lowest BCUT2D eigenvalue weighted by molar-refractivity contribution is 0.318. The van der Waals surface area contributed by atoms with E-state index >= 15 is 0 Å². The van der Waals surface area contributed by atoms with Crippen LogP contribution < -0.4 is 11.1 Å². The molecular formula is C14H22FN3O. The first-order valence-corrected chi connectivity index (χ1v) is 6.49. The SMILES string of the molecule is CCC(C)C(C)NCc1ccc(C(N)=NO)cc1F. The van der Waals surface area contributed by atoms with Gasteiger partial charge in [0, 0.05) is 23.7 Å². The monoisotopic (exact) mass is 267 g/mol. The van der Waals surface area contributed by atoms with E-state index in [0.29, 0.717) is 29.6 Å². The normalized spacial score (nSPS) is 15.3. The molecule has 0 aliphatic carbocycles. The Morgan fingerprint density at radius 2 is 2.16 bits per heavy atom. The smallest absolute Gasteiger partial charge is 0.170 e. The van der Waals surface area contributed by atoms with E-state index in [1.807, 2.05) is 0 Å². The van der Waals surface area contributed by atoms with Gasteiger partial charge in [-0.15, -0.1) is 0 Å². The molecule has 1 aromatic rings. The van der Waals surface area contributed by atoms with Gasteiger partial charge in [-0.3, -0.25) is 0 Å². The number of halogens is 1. The second-order valence-corrected chi connectivity index (χ2v) is 4.85. The molecule has 106 valence electrons. The van der Waals surface area contributed by atoms with Crippen molar-refractivity contribution < 1.29 is 9.60 Å². The van der Waals surface area contributed by atoms with Gasteiger partial charge in [0.05, 0.1) is 0 Å². The molecule has 0 saturated heterocycles. The number of hydrogen-bond donors (Lipinski definition) is 3. The molecule has 4 N–H and O–H groups in total. The van der Waals surface area contributed by atoms with Gasteiger partial charge < -0.3 is 16.3 Å². The zero-order chi connectivity index (χ0) is 14.4. The average molecular weight is 267 g/mol. The molecule has 0 saturated carbocycles. The molecule has 0 aliphatic heterocycles. The molecule has 1 rings (SSSR count). The number of amidine groups is 1. The van der Waals surface area contributed by atoms with Crippen LogP contribution in [-0.2, 0) is 6.54 Å². The van der Waals surface area contributed by atoms with Crippen LogP contribution in [0.3, 0.4) is 0 Å². The molecule has 2 atom stereocenters. The van der Waals surface area contributed by atoms with Crippen molar-refractivity contribution in [1.29, 1.82) is 0 Å². The van der Waals surface area contributed by atoms with Crippen molar-refractivity contribution in [2.24, 2.45) is 16.8 Å². The molecule has 4 nitrogen and oxygen atoms in total. The van der Waals surface area contributed by atoms with Gasteiger partial charge in [0.15, 0.2) is 5.84 Å². The second-order valence-electron chi connectivity index (χ2n) is 4.85. The van der Waals surface area contributed by atoms with E-state index in [4.69, 9.17) is 10.9 Å². The van der Waals surface area contributed by atoms with Gasteiger partial charge in [0.1, 0.15) is 5.82 Å². The van der Waals surface area contributed by atoms with Crippen LogP contribution in [0, 0.1) is 11.7 Å². The summed E-state index contributed by atoms with van der Waals surface area (Å²) in [6, 6.07) is 4.90. The molecule has 0 aromatic heterocycles. The number of hydrogen-bond acceptors (Lipinski definition) is 3. The average Bonchev–Trinajstić information content (AvgIpc) is 2.43. The first kappa shape index (κ1) is 15.4. The summed E-state index contributed by atoms with van der Waals surface area (Å²) in [5.41, 5.74) is 6.36. The van der Waals surface area contributed by atoms with E-state index in [-0.39, 0.29) is 11.7 Å². The Bertz CT molecular complexity index is 448. The van der Waals surface area contributed by atoms with Crippen molar-refractivity contribution in [3.63, 3.8) is 0 Å². The number of benzene rings is 1. The van der Waals surface area contributed by atoms with Crippen LogP contribution in [-0.4, -0.2) is 17.1 Å². The zero-order valence-electron chi connectivity index (χ0n) is 11.7. The third-order valence-electron chi connectivity index (χ3n) is 3.57. The van der Waals surface area contributed by atoms with E-state index in [1.54, 1.807) is 12.1 Å². The largest absolute Gasteiger partial charge is 0.409 e. The third kappa shape index (κ3) is 4.21. The number of nitrogens with one attached hydrogen (secondary N) is 1. The van der Waals surface area contributed by atoms with Crippen LogP contribution in [0.1, 0.15) is 38.3 Å². The van der Waals surface area contributed by atoms with Crippen molar-refractivity contribution in [2.75, 3.05) is 0 Å². The summed E-state index contributed by atoms with van der Waals surface area (Å²) in [6.45, 7) is 6.86. The van der Waals surface area contributed by atoms with Crippen LogP contribution in [0.2, 0.25) is 0 Å². The summed E-state index contributed by atoms with van der Waals surface area (Å²) in [7, 11) is 0. The molecule has 0 fully saturated rings. The summed E-state index contributed by atoms with van der Waals surface area (Å²) < 4.78 is 13.8. The van der Waals surface area contributed by atoms with Gasteiger partial charge in [0.2, 0.25) is 0 Å². The van der Waals surface area contributed by atoms with Crippen LogP contribution in [0.4, 0.5) is 4.39 Å². The van der Waals surface area contributed by atoms with Crippen molar-refractivity contribution >= 4 is 5.84 Å². The Kier molecular flexibility index (Phi) is 5.76. The molecule has 0 aliphatic rings. The lowest BCUT2D eigenvalue weighted by Gasteiger charge is -2.20. The number of nitrogens with zero attached hydrogens (tertiary/aromatic N) is 1. The number of nitrogens with two attached hydrogens (primary N) is 1. The van der Waals surface area contributed by atoms with Gasteiger partial charge in [0.25, 0.3) is 0 Å². The summed E-state index contributed by atoms with van der Waals surface area (Å²) in [4.78, 5) is 0. The highest BCUT2D eigenvalue weighted by Gasteiger charge is 2.11. The molecule has 5 heteroatoms. The fourth-order valence-electron chi connectivity index (χ4n) is 1.73. The zero-order valence-corrected chi connectivity index (χ0v) is 11.7. The van der Waals surface area contributed by atoms with Gasteiger partial charge >= 0.3 is 0 Å². The maximum atomic E-state index is 13.8. The lowest BCUT2D eigenvalue weighted by atomic mass is 10.0. The maximum Gasteiger partial charge on any atom is 0.170 e. The summed E-state index contributed by atoms with van der Waals surface area (Å²) >= 11 is 0. The highest BCUT2D eigenvalue weighted by Crippen LogP contribution is 2.12. The van der Waals surface area contributed by atoms with Gasteiger partial charge in [-0.05, 0) is 18.9 Å². The lowest BCUT2D eigenvalue weighted by Crippen LogP contribution is -2.31. The van der Waals surface area contributed by atoms with E-state index in [9.17, 15) is 4.39 Å². The van der Waals surface area contributed by atoms with Crippen LogP contribution >= 0.6 is 0 Å². The van der Waals surface area contributed by atoms with Crippen molar-refractivity contribution in [3.8, 4) is 0 Å². The highest BCUT2D eigenvalue weighted by molar-refractivity contribution is 5.97. The van der Waals surface area contributed by atoms with Crippen LogP contribution in [0.5, 0.6) is 0 Å². The molecule has 19 heavy (non-hydrogen) atoms. The quantitative estimate of drug-likeness (QED) is 0.321. The summed E-state index contributed by atoms with van der Waals surface area (Å²) in [6.07, 6.45) is 1.08. The topological polar surface area (TPSA) is 70.6 Å². The van der Waals surface area contributed by atoms with Crippen molar-refractivity contribution in [1.82, 2.24) is 5.32 Å². The third-order valence-corrected chi connectivity index (χ3v) is 3.57. The Morgan fingerprint density at radius 1 is 1.47 bits per heavy atom. The van der Waals surface area contributed by atoms with E-state index in [2.05, 4.69) is 31.2 Å². The fraction of sp³-hybridized carbons (Fsp3) is 0.500. The standard InChI is InChI=1S/C14H22FN3O/c1-4-9(2)10(3)17-8-12-6-5-11(7-13(12)15)14(16)18-19/h5-7,9-10,17,19H,4,8H2,1-3H3,(H2,16,18). The van der Waals surface area contributed by atoms with E-state index in [1.165, 1.54) is 6.07 Å². The van der Waals surface area contributed by atoms with Crippen LogP contribution in [0.25, 0.3) is 0 Å². The molecule has 0 spiro atoms. The van der Waals surface area contributed by atoms with Gasteiger partial charge in [-0.25, -0.2) is 4.39 Å². The Labute approximate surface area is 113 Å².